The molecule has 1 unspecified atom stereocenters. The molecule has 412 valence electrons. The molecule has 0 aliphatic carbocycles. The average Bonchev–Trinajstić information content (AvgIpc) is 3.37. The molecule has 0 radical (unpaired) electrons. The van der Waals surface area contributed by atoms with Crippen LogP contribution in [-0.2, 0) is 28.6 Å². The van der Waals surface area contributed by atoms with E-state index in [9.17, 15) is 14.4 Å². The number of allylic oxidation sites excluding steroid dienone is 10. The smallest absolute Gasteiger partial charge is 0.306 e. The maximum atomic E-state index is 12.8. The minimum Gasteiger partial charge on any atom is -0.462 e. The Morgan fingerprint density at radius 3 is 0.901 bits per heavy atom. The summed E-state index contributed by atoms with van der Waals surface area (Å²) < 4.78 is 16.7. The number of hydrogen-bond donors (Lipinski definition) is 0. The van der Waals surface area contributed by atoms with Gasteiger partial charge in [0.1, 0.15) is 13.2 Å². The summed E-state index contributed by atoms with van der Waals surface area (Å²) in [6.07, 6.45) is 75.6. The summed E-state index contributed by atoms with van der Waals surface area (Å²) in [6, 6.07) is 0. The normalized spacial score (nSPS) is 12.4. The van der Waals surface area contributed by atoms with E-state index >= 15 is 0 Å². The third-order valence-corrected chi connectivity index (χ3v) is 13.5. The number of hydrogen-bond acceptors (Lipinski definition) is 6. The molecule has 0 aromatic rings. The van der Waals surface area contributed by atoms with Gasteiger partial charge in [-0.1, -0.05) is 274 Å². The van der Waals surface area contributed by atoms with E-state index in [0.29, 0.717) is 19.3 Å². The Kier molecular flexibility index (Phi) is 57.2. The van der Waals surface area contributed by atoms with E-state index in [1.54, 1.807) is 0 Å². The summed E-state index contributed by atoms with van der Waals surface area (Å²) in [4.78, 5) is 37.9. The molecule has 0 bridgehead atoms. The van der Waals surface area contributed by atoms with Crippen molar-refractivity contribution in [3.05, 3.63) is 60.8 Å². The largest absolute Gasteiger partial charge is 0.462 e. The average molecular weight is 994 g/mol. The van der Waals surface area contributed by atoms with Gasteiger partial charge >= 0.3 is 17.9 Å². The third-order valence-electron chi connectivity index (χ3n) is 13.5. The zero-order chi connectivity index (χ0) is 51.4. The second-order valence-electron chi connectivity index (χ2n) is 20.6. The summed E-state index contributed by atoms with van der Waals surface area (Å²) in [6.45, 7) is 6.47. The molecule has 0 fully saturated rings. The molecule has 0 rings (SSSR count). The molecule has 0 aromatic heterocycles. The van der Waals surface area contributed by atoms with Gasteiger partial charge in [-0.3, -0.25) is 14.4 Å². The number of rotatable bonds is 56. The highest BCUT2D eigenvalue weighted by Gasteiger charge is 2.19. The van der Waals surface area contributed by atoms with Crippen LogP contribution in [0.5, 0.6) is 0 Å². The van der Waals surface area contributed by atoms with Crippen LogP contribution in [0, 0.1) is 0 Å². The van der Waals surface area contributed by atoms with E-state index in [1.165, 1.54) is 193 Å². The molecule has 71 heavy (non-hydrogen) atoms. The van der Waals surface area contributed by atoms with Gasteiger partial charge in [-0.25, -0.2) is 0 Å². The summed E-state index contributed by atoms with van der Waals surface area (Å²) in [5.41, 5.74) is 0. The molecule has 0 aliphatic heterocycles. The zero-order valence-electron chi connectivity index (χ0n) is 47.2. The van der Waals surface area contributed by atoms with Crippen molar-refractivity contribution in [1.82, 2.24) is 0 Å². The van der Waals surface area contributed by atoms with E-state index in [0.717, 1.165) is 77.0 Å². The second kappa shape index (κ2) is 59.7. The van der Waals surface area contributed by atoms with Crippen molar-refractivity contribution >= 4 is 17.9 Å². The first-order valence-electron chi connectivity index (χ1n) is 30.8. The predicted molar refractivity (Wildman–Crippen MR) is 307 cm³/mol. The van der Waals surface area contributed by atoms with Crippen LogP contribution in [0.2, 0.25) is 0 Å². The molecule has 0 aliphatic rings. The number of carbonyl (C=O) groups excluding carboxylic acids is 3. The lowest BCUT2D eigenvalue weighted by Gasteiger charge is -2.18. The van der Waals surface area contributed by atoms with Crippen molar-refractivity contribution in [3.8, 4) is 0 Å². The minimum absolute atomic E-state index is 0.0880. The van der Waals surface area contributed by atoms with E-state index in [1.807, 2.05) is 0 Å². The number of carbonyl (C=O) groups is 3. The highest BCUT2D eigenvalue weighted by Crippen LogP contribution is 2.17. The number of unbranched alkanes of at least 4 members (excludes halogenated alkanes) is 35. The van der Waals surface area contributed by atoms with Gasteiger partial charge in [0.25, 0.3) is 0 Å². The molecule has 0 N–H and O–H groups in total. The highest BCUT2D eigenvalue weighted by atomic mass is 16.6. The van der Waals surface area contributed by atoms with Crippen molar-refractivity contribution in [2.75, 3.05) is 13.2 Å². The highest BCUT2D eigenvalue weighted by molar-refractivity contribution is 5.71. The molecule has 0 saturated carbocycles. The van der Waals surface area contributed by atoms with E-state index < -0.39 is 6.10 Å². The van der Waals surface area contributed by atoms with Crippen molar-refractivity contribution in [2.45, 2.75) is 322 Å². The lowest BCUT2D eigenvalue weighted by Crippen LogP contribution is -2.30. The molecular formula is C65H116O6. The Morgan fingerprint density at radius 2 is 0.549 bits per heavy atom. The van der Waals surface area contributed by atoms with Gasteiger partial charge in [0.2, 0.25) is 0 Å². The van der Waals surface area contributed by atoms with Gasteiger partial charge in [0, 0.05) is 19.3 Å². The van der Waals surface area contributed by atoms with Gasteiger partial charge < -0.3 is 14.2 Å². The van der Waals surface area contributed by atoms with Crippen LogP contribution in [0.25, 0.3) is 0 Å². The minimum atomic E-state index is -0.791. The molecule has 6 nitrogen and oxygen atoms in total. The van der Waals surface area contributed by atoms with E-state index in [4.69, 9.17) is 14.2 Å². The fourth-order valence-corrected chi connectivity index (χ4v) is 8.90. The van der Waals surface area contributed by atoms with Crippen LogP contribution in [0.3, 0.4) is 0 Å². The molecule has 0 saturated heterocycles. The van der Waals surface area contributed by atoms with Crippen molar-refractivity contribution in [2.24, 2.45) is 0 Å². The van der Waals surface area contributed by atoms with E-state index in [-0.39, 0.29) is 37.5 Å². The van der Waals surface area contributed by atoms with Crippen molar-refractivity contribution < 1.29 is 28.6 Å². The van der Waals surface area contributed by atoms with Crippen molar-refractivity contribution in [3.63, 3.8) is 0 Å². The second-order valence-corrected chi connectivity index (χ2v) is 20.6. The monoisotopic (exact) mass is 993 g/mol. The van der Waals surface area contributed by atoms with Gasteiger partial charge in [0.15, 0.2) is 6.10 Å². The fraction of sp³-hybridized carbons (Fsp3) is 0.800. The molecular weight excluding hydrogens is 877 g/mol. The summed E-state index contributed by atoms with van der Waals surface area (Å²) in [5.74, 6) is -0.926. The molecule has 0 heterocycles. The Bertz CT molecular complexity index is 1280. The molecule has 0 spiro atoms. The molecule has 1 atom stereocenters. The van der Waals surface area contributed by atoms with Crippen LogP contribution in [0.15, 0.2) is 60.8 Å². The predicted octanol–water partition coefficient (Wildman–Crippen LogP) is 20.8. The first-order valence-corrected chi connectivity index (χ1v) is 30.8. The SMILES string of the molecule is CC/C=C\C/C=C\C/C=C\C/C=C\CCCCC(=O)OC(COC(=O)CCCCCCCCC)COC(=O)CCCCCCCCCCCCCCCCCCCCC/C=C\CCCCCCCCCC. The first kappa shape index (κ1) is 68.1. The quantitative estimate of drug-likeness (QED) is 0.0261. The first-order chi connectivity index (χ1) is 35.0. The van der Waals surface area contributed by atoms with Crippen molar-refractivity contribution in [1.29, 1.82) is 0 Å². The Balaban J connectivity index is 4.02. The Labute approximate surface area is 440 Å². The molecule has 0 amide bonds. The lowest BCUT2D eigenvalue weighted by molar-refractivity contribution is -0.167. The maximum absolute atomic E-state index is 12.8. The fourth-order valence-electron chi connectivity index (χ4n) is 8.90. The summed E-state index contributed by atoms with van der Waals surface area (Å²) >= 11 is 0. The third kappa shape index (κ3) is 57.9. The van der Waals surface area contributed by atoms with E-state index in [2.05, 4.69) is 81.5 Å². The van der Waals surface area contributed by atoms with Crippen LogP contribution >= 0.6 is 0 Å². The topological polar surface area (TPSA) is 78.9 Å². The molecule has 6 heteroatoms. The standard InChI is InChI=1S/C65H116O6/c1-4-7-10-13-16-18-20-22-24-25-26-27-28-29-30-31-32-33-34-35-36-37-38-39-41-42-44-46-49-52-55-58-64(67)70-61-62(60-69-63(66)57-54-51-48-15-12-9-6-3)71-65(68)59-56-53-50-47-45-43-40-23-21-19-17-14-11-8-5-2/h8,11,17,19,23,25-26,40,45,47,62H,4-7,9-10,12-16,18,20-22,24,27-39,41-44,46,48-61H2,1-3H3/b11-8-,19-17-,26-25-,40-23-,47-45-. The summed E-state index contributed by atoms with van der Waals surface area (Å²) in [7, 11) is 0. The maximum Gasteiger partial charge on any atom is 0.306 e. The van der Waals surface area contributed by atoms with Gasteiger partial charge in [0.05, 0.1) is 0 Å². The number of ether oxygens (including phenoxy) is 3. The van der Waals surface area contributed by atoms with Crippen LogP contribution < -0.4 is 0 Å². The summed E-state index contributed by atoms with van der Waals surface area (Å²) in [5, 5.41) is 0. The number of esters is 3. The van der Waals surface area contributed by atoms with Gasteiger partial charge in [-0.05, 0) is 83.5 Å². The van der Waals surface area contributed by atoms with Crippen LogP contribution in [0.1, 0.15) is 316 Å². The Morgan fingerprint density at radius 1 is 0.296 bits per heavy atom. The zero-order valence-corrected chi connectivity index (χ0v) is 47.2. The van der Waals surface area contributed by atoms with Gasteiger partial charge in [-0.2, -0.15) is 0 Å². The lowest BCUT2D eigenvalue weighted by atomic mass is 10.0. The van der Waals surface area contributed by atoms with Crippen LogP contribution in [-0.4, -0.2) is 37.2 Å². The van der Waals surface area contributed by atoms with Crippen LogP contribution in [0.4, 0.5) is 0 Å². The Hall–Kier alpha value is -2.89. The molecule has 0 aromatic carbocycles. The van der Waals surface area contributed by atoms with Gasteiger partial charge in [-0.15, -0.1) is 0 Å².